The van der Waals surface area contributed by atoms with Gasteiger partial charge in [0.15, 0.2) is 0 Å². The fourth-order valence-corrected chi connectivity index (χ4v) is 3.30. The van der Waals surface area contributed by atoms with Crippen LogP contribution >= 0.6 is 0 Å². The molecule has 1 fully saturated rings. The van der Waals surface area contributed by atoms with Crippen LogP contribution in [0.25, 0.3) is 10.9 Å². The highest BCUT2D eigenvalue weighted by molar-refractivity contribution is 5.94. The number of hydrogen-bond acceptors (Lipinski definition) is 5. The third-order valence-electron chi connectivity index (χ3n) is 5.19. The number of nitrogens with one attached hydrogen (secondary N) is 1. The molecule has 2 N–H and O–H groups in total. The highest BCUT2D eigenvalue weighted by Crippen LogP contribution is 2.29. The number of ether oxygens (including phenoxy) is 1. The number of carboxylic acids is 1. The number of aromatic nitrogens is 1. The average molecular weight is 400 g/mol. The molecule has 1 heterocycles. The van der Waals surface area contributed by atoms with Crippen molar-refractivity contribution < 1.29 is 19.4 Å². The zero-order chi connectivity index (χ0) is 20.8. The van der Waals surface area contributed by atoms with E-state index in [1.165, 1.54) is 0 Å². The second-order valence-electron chi connectivity index (χ2n) is 7.55. The number of carbonyl (C=O) groups is 2. The highest BCUT2D eigenvalue weighted by atomic mass is 16.5. The van der Waals surface area contributed by atoms with Crippen molar-refractivity contribution >= 4 is 22.8 Å². The number of carbonyl (C=O) groups excluding carboxylic acids is 1. The average Bonchev–Trinajstić information content (AvgIpc) is 3.53. The number of carboxylic acid groups (broad SMARTS) is 1. The van der Waals surface area contributed by atoms with Crippen LogP contribution in [0.2, 0.25) is 0 Å². The number of fused-ring (bicyclic) bond motifs is 1. The summed E-state index contributed by atoms with van der Waals surface area (Å²) < 4.78 is 7.23. The molecule has 3 rings (SSSR count). The van der Waals surface area contributed by atoms with Crippen LogP contribution in [0.5, 0.6) is 0 Å². The minimum absolute atomic E-state index is 0.0903. The summed E-state index contributed by atoms with van der Waals surface area (Å²) >= 11 is 0. The SMILES string of the molecule is CCn1cc(C(=O)OCC2CC2)c(=O)c2cc(CCCNCCC(=O)O)ccc21. The van der Waals surface area contributed by atoms with Crippen molar-refractivity contribution in [3.8, 4) is 0 Å². The molecule has 7 nitrogen and oxygen atoms in total. The first kappa shape index (κ1) is 21.0. The molecule has 156 valence electrons. The molecule has 1 aromatic heterocycles. The molecule has 0 unspecified atom stereocenters. The number of nitrogens with zero attached hydrogens (tertiary/aromatic N) is 1. The van der Waals surface area contributed by atoms with Crippen LogP contribution in [0, 0.1) is 5.92 Å². The van der Waals surface area contributed by atoms with Gasteiger partial charge in [0.1, 0.15) is 5.56 Å². The summed E-state index contributed by atoms with van der Waals surface area (Å²) in [6, 6.07) is 5.78. The fraction of sp³-hybridized carbons (Fsp3) is 0.500. The molecule has 2 aromatic rings. The number of aryl methyl sites for hydroxylation is 2. The van der Waals surface area contributed by atoms with Gasteiger partial charge in [0.2, 0.25) is 5.43 Å². The van der Waals surface area contributed by atoms with Crippen molar-refractivity contribution in [2.24, 2.45) is 5.92 Å². The van der Waals surface area contributed by atoms with Crippen molar-refractivity contribution in [2.75, 3.05) is 19.7 Å². The van der Waals surface area contributed by atoms with Gasteiger partial charge in [-0.2, -0.15) is 0 Å². The standard InChI is InChI=1S/C22H28N2O5/c1-2-24-13-18(22(28)29-14-16-5-6-16)21(27)17-12-15(7-8-19(17)24)4-3-10-23-11-9-20(25)26/h7-8,12-13,16,23H,2-6,9-11,14H2,1H3,(H,25,26). The third kappa shape index (κ3) is 5.67. The molecular weight excluding hydrogens is 372 g/mol. The van der Waals surface area contributed by atoms with Crippen LogP contribution in [-0.2, 0) is 22.5 Å². The maximum absolute atomic E-state index is 12.9. The summed E-state index contributed by atoms with van der Waals surface area (Å²) in [6.07, 6.45) is 5.46. The predicted molar refractivity (Wildman–Crippen MR) is 110 cm³/mol. The van der Waals surface area contributed by atoms with Crippen LogP contribution in [-0.4, -0.2) is 41.3 Å². The lowest BCUT2D eigenvalue weighted by Crippen LogP contribution is -2.21. The van der Waals surface area contributed by atoms with E-state index in [1.54, 1.807) is 6.20 Å². The molecule has 1 saturated carbocycles. The molecule has 0 amide bonds. The molecule has 0 aliphatic heterocycles. The molecule has 29 heavy (non-hydrogen) atoms. The largest absolute Gasteiger partial charge is 0.481 e. The summed E-state index contributed by atoms with van der Waals surface area (Å²) in [7, 11) is 0. The summed E-state index contributed by atoms with van der Waals surface area (Å²) in [5.41, 5.74) is 1.62. The van der Waals surface area contributed by atoms with E-state index in [4.69, 9.17) is 9.84 Å². The lowest BCUT2D eigenvalue weighted by molar-refractivity contribution is -0.136. The molecule has 1 aliphatic carbocycles. The summed E-state index contributed by atoms with van der Waals surface area (Å²) in [6.45, 7) is 4.16. The first-order valence-electron chi connectivity index (χ1n) is 10.2. The Balaban J connectivity index is 1.73. The normalized spacial score (nSPS) is 13.6. The number of aliphatic carboxylic acids is 1. The Hall–Kier alpha value is -2.67. The second kappa shape index (κ2) is 9.69. The van der Waals surface area contributed by atoms with Gasteiger partial charge in [-0.1, -0.05) is 6.07 Å². The van der Waals surface area contributed by atoms with Crippen LogP contribution < -0.4 is 10.7 Å². The van der Waals surface area contributed by atoms with Crippen molar-refractivity contribution in [3.63, 3.8) is 0 Å². The van der Waals surface area contributed by atoms with Crippen molar-refractivity contribution in [1.29, 1.82) is 0 Å². The van der Waals surface area contributed by atoms with Crippen molar-refractivity contribution in [3.05, 3.63) is 45.7 Å². The zero-order valence-corrected chi connectivity index (χ0v) is 16.8. The number of hydrogen-bond donors (Lipinski definition) is 2. The molecule has 0 spiro atoms. The molecule has 1 aromatic carbocycles. The van der Waals surface area contributed by atoms with E-state index >= 15 is 0 Å². The van der Waals surface area contributed by atoms with E-state index in [0.29, 0.717) is 37.5 Å². The molecule has 0 atom stereocenters. The Morgan fingerprint density at radius 3 is 2.76 bits per heavy atom. The monoisotopic (exact) mass is 400 g/mol. The molecule has 0 bridgehead atoms. The minimum Gasteiger partial charge on any atom is -0.481 e. The first-order chi connectivity index (χ1) is 14.0. The van der Waals surface area contributed by atoms with Crippen LogP contribution in [0.3, 0.4) is 0 Å². The minimum atomic E-state index is -0.814. The Bertz CT molecular complexity index is 946. The molecular formula is C22H28N2O5. The van der Waals surface area contributed by atoms with Crippen LogP contribution in [0.15, 0.2) is 29.2 Å². The quantitative estimate of drug-likeness (QED) is 0.444. The summed E-state index contributed by atoms with van der Waals surface area (Å²) in [4.78, 5) is 35.9. The number of rotatable bonds is 11. The lowest BCUT2D eigenvalue weighted by Gasteiger charge is -2.13. The smallest absolute Gasteiger partial charge is 0.343 e. The second-order valence-corrected chi connectivity index (χ2v) is 7.55. The van der Waals surface area contributed by atoms with Gasteiger partial charge in [-0.15, -0.1) is 0 Å². The van der Waals surface area contributed by atoms with Crippen LogP contribution in [0.1, 0.15) is 48.5 Å². The van der Waals surface area contributed by atoms with Gasteiger partial charge in [0.25, 0.3) is 0 Å². The lowest BCUT2D eigenvalue weighted by atomic mass is 10.0. The van der Waals surface area contributed by atoms with E-state index in [-0.39, 0.29) is 17.4 Å². The number of pyridine rings is 1. The van der Waals surface area contributed by atoms with Gasteiger partial charge >= 0.3 is 11.9 Å². The highest BCUT2D eigenvalue weighted by Gasteiger charge is 2.24. The van der Waals surface area contributed by atoms with E-state index in [9.17, 15) is 14.4 Å². The zero-order valence-electron chi connectivity index (χ0n) is 16.8. The van der Waals surface area contributed by atoms with E-state index in [0.717, 1.165) is 36.8 Å². The molecule has 1 aliphatic rings. The van der Waals surface area contributed by atoms with Crippen molar-refractivity contribution in [1.82, 2.24) is 9.88 Å². The number of esters is 1. The topological polar surface area (TPSA) is 97.6 Å². The van der Waals surface area contributed by atoms with Crippen LogP contribution in [0.4, 0.5) is 0 Å². The Labute approximate surface area is 169 Å². The van der Waals surface area contributed by atoms with Gasteiger partial charge in [-0.3, -0.25) is 9.59 Å². The maximum Gasteiger partial charge on any atom is 0.343 e. The summed E-state index contributed by atoms with van der Waals surface area (Å²) in [5, 5.41) is 12.3. The summed E-state index contributed by atoms with van der Waals surface area (Å²) in [5.74, 6) is -0.909. The van der Waals surface area contributed by atoms with Gasteiger partial charge in [0, 0.05) is 24.7 Å². The van der Waals surface area contributed by atoms with Gasteiger partial charge in [-0.25, -0.2) is 4.79 Å². The Morgan fingerprint density at radius 2 is 2.07 bits per heavy atom. The predicted octanol–water partition coefficient (Wildman–Crippen LogP) is 2.59. The molecule has 7 heteroatoms. The Morgan fingerprint density at radius 1 is 1.28 bits per heavy atom. The number of benzene rings is 1. The maximum atomic E-state index is 12.9. The molecule has 0 radical (unpaired) electrons. The Kier molecular flexibility index (Phi) is 7.04. The van der Waals surface area contributed by atoms with E-state index in [2.05, 4.69) is 5.32 Å². The van der Waals surface area contributed by atoms with E-state index < -0.39 is 11.9 Å². The van der Waals surface area contributed by atoms with Crippen molar-refractivity contribution in [2.45, 2.75) is 45.6 Å². The fourth-order valence-electron chi connectivity index (χ4n) is 3.30. The first-order valence-corrected chi connectivity index (χ1v) is 10.2. The van der Waals surface area contributed by atoms with Gasteiger partial charge in [0.05, 0.1) is 18.5 Å². The van der Waals surface area contributed by atoms with Gasteiger partial charge < -0.3 is 19.7 Å². The third-order valence-corrected chi connectivity index (χ3v) is 5.19. The molecule has 0 saturated heterocycles. The van der Waals surface area contributed by atoms with E-state index in [1.807, 2.05) is 29.7 Å². The van der Waals surface area contributed by atoms with Gasteiger partial charge in [-0.05, 0) is 62.8 Å².